The lowest BCUT2D eigenvalue weighted by atomic mass is 9.99. The zero-order valence-electron chi connectivity index (χ0n) is 11.4. The van der Waals surface area contributed by atoms with Crippen LogP contribution in [-0.4, -0.2) is 18.1 Å². The van der Waals surface area contributed by atoms with E-state index in [0.29, 0.717) is 12.0 Å². The highest BCUT2D eigenvalue weighted by molar-refractivity contribution is 5.20. The van der Waals surface area contributed by atoms with Crippen LogP contribution in [0.25, 0.3) is 0 Å². The van der Waals surface area contributed by atoms with Gasteiger partial charge in [-0.3, -0.25) is 4.98 Å². The fourth-order valence-corrected chi connectivity index (χ4v) is 2.21. The summed E-state index contributed by atoms with van der Waals surface area (Å²) in [7, 11) is 1.84. The van der Waals surface area contributed by atoms with Crippen LogP contribution in [0.3, 0.4) is 0 Å². The molecule has 0 amide bonds. The number of rotatable bonds is 6. The fraction of sp³-hybridized carbons (Fsp3) is 0.312. The van der Waals surface area contributed by atoms with Gasteiger partial charge in [-0.1, -0.05) is 12.1 Å². The van der Waals surface area contributed by atoms with Gasteiger partial charge in [0.1, 0.15) is 0 Å². The van der Waals surface area contributed by atoms with Crippen LogP contribution in [0.5, 0.6) is 0 Å². The molecule has 0 aliphatic carbocycles. The first-order chi connectivity index (χ1) is 9.70. The van der Waals surface area contributed by atoms with Crippen molar-refractivity contribution in [1.29, 1.82) is 0 Å². The normalized spacial score (nSPS) is 12.3. The molecule has 2 nitrogen and oxygen atoms in total. The van der Waals surface area contributed by atoms with Crippen molar-refractivity contribution in [1.82, 2.24) is 10.3 Å². The first-order valence-corrected chi connectivity index (χ1v) is 6.69. The Morgan fingerprint density at radius 2 is 1.90 bits per heavy atom. The van der Waals surface area contributed by atoms with Crippen LogP contribution in [0, 0.1) is 11.6 Å². The van der Waals surface area contributed by atoms with Crippen molar-refractivity contribution in [2.24, 2.45) is 0 Å². The summed E-state index contributed by atoms with van der Waals surface area (Å²) in [6.07, 6.45) is 5.73. The first-order valence-electron chi connectivity index (χ1n) is 6.69. The Hall–Kier alpha value is -1.81. The van der Waals surface area contributed by atoms with E-state index in [2.05, 4.69) is 10.3 Å². The van der Waals surface area contributed by atoms with Crippen molar-refractivity contribution in [3.05, 3.63) is 65.5 Å². The minimum atomic E-state index is -0.786. The molecule has 1 aromatic carbocycles. The molecule has 0 bridgehead atoms. The molecule has 1 unspecified atom stereocenters. The van der Waals surface area contributed by atoms with E-state index < -0.39 is 11.6 Å². The maximum Gasteiger partial charge on any atom is 0.162 e. The molecule has 1 aromatic heterocycles. The highest BCUT2D eigenvalue weighted by Crippen LogP contribution is 2.15. The largest absolute Gasteiger partial charge is 0.317 e. The van der Waals surface area contributed by atoms with Crippen molar-refractivity contribution in [3.63, 3.8) is 0 Å². The topological polar surface area (TPSA) is 24.9 Å². The molecule has 4 heteroatoms. The van der Waals surface area contributed by atoms with Gasteiger partial charge in [-0.2, -0.15) is 0 Å². The Morgan fingerprint density at radius 3 is 2.60 bits per heavy atom. The molecule has 0 spiro atoms. The van der Waals surface area contributed by atoms with E-state index in [4.69, 9.17) is 0 Å². The zero-order chi connectivity index (χ0) is 14.4. The smallest absolute Gasteiger partial charge is 0.162 e. The van der Waals surface area contributed by atoms with Crippen molar-refractivity contribution < 1.29 is 8.78 Å². The minimum absolute atomic E-state index is 0.111. The molecule has 0 aliphatic heterocycles. The van der Waals surface area contributed by atoms with E-state index in [1.165, 1.54) is 5.56 Å². The molecular formula is C16H18F2N2. The molecule has 1 heterocycles. The van der Waals surface area contributed by atoms with Gasteiger partial charge in [0, 0.05) is 18.4 Å². The predicted molar refractivity (Wildman–Crippen MR) is 75.5 cm³/mol. The van der Waals surface area contributed by atoms with Gasteiger partial charge in [-0.15, -0.1) is 0 Å². The number of aryl methyl sites for hydroxylation is 1. The molecule has 1 atom stereocenters. The molecule has 2 rings (SSSR count). The van der Waals surface area contributed by atoms with E-state index in [9.17, 15) is 8.78 Å². The van der Waals surface area contributed by atoms with Crippen LogP contribution in [0.4, 0.5) is 8.78 Å². The highest BCUT2D eigenvalue weighted by atomic mass is 19.2. The Bertz CT molecular complexity index is 543. The second kappa shape index (κ2) is 7.10. The van der Waals surface area contributed by atoms with Gasteiger partial charge in [-0.05, 0) is 55.6 Å². The number of hydrogen-bond acceptors (Lipinski definition) is 2. The summed E-state index contributed by atoms with van der Waals surface area (Å²) in [5.74, 6) is -1.52. The van der Waals surface area contributed by atoms with Gasteiger partial charge in [0.15, 0.2) is 11.6 Å². The summed E-state index contributed by atoms with van der Waals surface area (Å²) in [6.45, 7) is 0. The number of nitrogens with one attached hydrogen (secondary N) is 1. The van der Waals surface area contributed by atoms with Crippen molar-refractivity contribution in [2.75, 3.05) is 7.05 Å². The third kappa shape index (κ3) is 3.84. The van der Waals surface area contributed by atoms with E-state index in [1.54, 1.807) is 24.5 Å². The number of likely N-dealkylation sites (N-methyl/N-ethyl adjacent to an activating group) is 1. The number of hydrogen-bond donors (Lipinski definition) is 1. The van der Waals surface area contributed by atoms with Crippen LogP contribution >= 0.6 is 0 Å². The van der Waals surface area contributed by atoms with Crippen LogP contribution < -0.4 is 5.32 Å². The SMILES string of the molecule is CNC(CCc1ccncc1)Cc1cccc(F)c1F. The van der Waals surface area contributed by atoms with Crippen molar-refractivity contribution >= 4 is 0 Å². The minimum Gasteiger partial charge on any atom is -0.317 e. The third-order valence-corrected chi connectivity index (χ3v) is 3.44. The van der Waals surface area contributed by atoms with Gasteiger partial charge in [0.2, 0.25) is 0 Å². The number of nitrogens with zero attached hydrogens (tertiary/aromatic N) is 1. The molecule has 2 aromatic rings. The Balaban J connectivity index is 1.97. The van der Waals surface area contributed by atoms with E-state index in [0.717, 1.165) is 18.9 Å². The van der Waals surface area contributed by atoms with Crippen molar-refractivity contribution in [3.8, 4) is 0 Å². The summed E-state index contributed by atoms with van der Waals surface area (Å²) in [4.78, 5) is 3.97. The lowest BCUT2D eigenvalue weighted by Crippen LogP contribution is -2.28. The standard InChI is InChI=1S/C16H18F2N2/c1-19-14(6-5-12-7-9-20-10-8-12)11-13-3-2-4-15(17)16(13)18/h2-4,7-10,14,19H,5-6,11H2,1H3. The maximum atomic E-state index is 13.7. The van der Waals surface area contributed by atoms with Gasteiger partial charge in [0.05, 0.1) is 0 Å². The molecule has 0 aliphatic rings. The molecule has 0 fully saturated rings. The zero-order valence-corrected chi connectivity index (χ0v) is 11.4. The molecule has 0 saturated heterocycles. The second-order valence-electron chi connectivity index (χ2n) is 4.80. The van der Waals surface area contributed by atoms with Gasteiger partial charge in [0.25, 0.3) is 0 Å². The number of halogens is 2. The summed E-state index contributed by atoms with van der Waals surface area (Å²) >= 11 is 0. The molecule has 106 valence electrons. The molecule has 0 saturated carbocycles. The average Bonchev–Trinajstić information content (AvgIpc) is 2.49. The number of aromatic nitrogens is 1. The maximum absolute atomic E-state index is 13.7. The van der Waals surface area contributed by atoms with Crippen LogP contribution in [0.15, 0.2) is 42.7 Å². The quantitative estimate of drug-likeness (QED) is 0.877. The molecule has 0 radical (unpaired) electrons. The average molecular weight is 276 g/mol. The Kier molecular flexibility index (Phi) is 5.18. The molecule has 20 heavy (non-hydrogen) atoms. The van der Waals surface area contributed by atoms with E-state index in [-0.39, 0.29) is 6.04 Å². The van der Waals surface area contributed by atoms with Crippen LogP contribution in [-0.2, 0) is 12.8 Å². The molecular weight excluding hydrogens is 258 g/mol. The predicted octanol–water partition coefficient (Wildman–Crippen LogP) is 3.12. The van der Waals surface area contributed by atoms with Gasteiger partial charge in [-0.25, -0.2) is 8.78 Å². The van der Waals surface area contributed by atoms with Crippen molar-refractivity contribution in [2.45, 2.75) is 25.3 Å². The van der Waals surface area contributed by atoms with E-state index >= 15 is 0 Å². The number of pyridine rings is 1. The first kappa shape index (κ1) is 14.6. The summed E-state index contributed by atoms with van der Waals surface area (Å²) in [5, 5.41) is 3.16. The van der Waals surface area contributed by atoms with E-state index in [1.807, 2.05) is 19.2 Å². The van der Waals surface area contributed by atoms with Crippen LogP contribution in [0.2, 0.25) is 0 Å². The lowest BCUT2D eigenvalue weighted by molar-refractivity contribution is 0.473. The number of benzene rings is 1. The fourth-order valence-electron chi connectivity index (χ4n) is 2.21. The van der Waals surface area contributed by atoms with Gasteiger partial charge < -0.3 is 5.32 Å². The summed E-state index contributed by atoms with van der Waals surface area (Å²) < 4.78 is 26.8. The highest BCUT2D eigenvalue weighted by Gasteiger charge is 2.13. The third-order valence-electron chi connectivity index (χ3n) is 3.44. The Morgan fingerprint density at radius 1 is 1.15 bits per heavy atom. The monoisotopic (exact) mass is 276 g/mol. The van der Waals surface area contributed by atoms with Gasteiger partial charge >= 0.3 is 0 Å². The second-order valence-corrected chi connectivity index (χ2v) is 4.80. The molecule has 1 N–H and O–H groups in total. The summed E-state index contributed by atoms with van der Waals surface area (Å²) in [6, 6.07) is 8.37. The summed E-state index contributed by atoms with van der Waals surface area (Å²) in [5.41, 5.74) is 1.61. The van der Waals surface area contributed by atoms with Crippen LogP contribution in [0.1, 0.15) is 17.5 Å². The lowest BCUT2D eigenvalue weighted by Gasteiger charge is -2.16. The Labute approximate surface area is 117 Å².